The fraction of sp³-hybridized carbons (Fsp3) is 0.0769. The van der Waals surface area contributed by atoms with Crippen molar-refractivity contribution < 1.29 is 8.95 Å². The summed E-state index contributed by atoms with van der Waals surface area (Å²) in [5.41, 5.74) is 0.720. The van der Waals surface area contributed by atoms with E-state index in [-0.39, 0.29) is 0 Å². The second-order valence-corrected chi connectivity index (χ2v) is 4.60. The van der Waals surface area contributed by atoms with Crippen molar-refractivity contribution >= 4 is 16.7 Å². The highest BCUT2D eigenvalue weighted by molar-refractivity contribution is 7.86. The molecule has 0 fully saturated rings. The summed E-state index contributed by atoms with van der Waals surface area (Å²) < 4.78 is 20.1. The van der Waals surface area contributed by atoms with Gasteiger partial charge < -0.3 is 4.74 Å². The Kier molecular flexibility index (Phi) is 3.77. The normalized spacial score (nSPS) is 11.8. The second-order valence-electron chi connectivity index (χ2n) is 3.38. The molecule has 2 rings (SSSR count). The standard InChI is InChI=1S/C13H13NO2S/c1-16-13-10-6-5-9-12(13)14-17(15)11-7-3-2-4-8-11/h2-10,14H,1H3. The van der Waals surface area contributed by atoms with Crippen LogP contribution in [0, 0.1) is 0 Å². The van der Waals surface area contributed by atoms with Crippen molar-refractivity contribution in [1.29, 1.82) is 0 Å². The predicted octanol–water partition coefficient (Wildman–Crippen LogP) is 2.83. The van der Waals surface area contributed by atoms with Gasteiger partial charge in [-0.3, -0.25) is 4.72 Å². The predicted molar refractivity (Wildman–Crippen MR) is 69.5 cm³/mol. The lowest BCUT2D eigenvalue weighted by Crippen LogP contribution is -2.05. The maximum absolute atomic E-state index is 12.0. The zero-order valence-electron chi connectivity index (χ0n) is 9.42. The van der Waals surface area contributed by atoms with E-state index in [4.69, 9.17) is 4.74 Å². The summed E-state index contributed by atoms with van der Waals surface area (Å²) in [6.07, 6.45) is 0. The fourth-order valence-corrected chi connectivity index (χ4v) is 2.32. The van der Waals surface area contributed by atoms with Crippen LogP contribution in [0.25, 0.3) is 0 Å². The van der Waals surface area contributed by atoms with Crippen molar-refractivity contribution in [1.82, 2.24) is 0 Å². The van der Waals surface area contributed by atoms with Gasteiger partial charge in [-0.05, 0) is 24.3 Å². The molecule has 4 heteroatoms. The molecule has 88 valence electrons. The van der Waals surface area contributed by atoms with Crippen LogP contribution in [0.5, 0.6) is 5.75 Å². The van der Waals surface area contributed by atoms with Crippen LogP contribution in [0.3, 0.4) is 0 Å². The largest absolute Gasteiger partial charge is 0.495 e. The van der Waals surface area contributed by atoms with E-state index in [0.29, 0.717) is 5.75 Å². The molecule has 0 heterocycles. The number of hydrogen-bond donors (Lipinski definition) is 1. The fourth-order valence-electron chi connectivity index (χ4n) is 1.43. The smallest absolute Gasteiger partial charge is 0.150 e. The van der Waals surface area contributed by atoms with Crippen LogP contribution in [-0.2, 0) is 11.0 Å². The van der Waals surface area contributed by atoms with Crippen LogP contribution in [0.1, 0.15) is 0 Å². The minimum absolute atomic E-state index is 0.678. The van der Waals surface area contributed by atoms with Gasteiger partial charge in [-0.1, -0.05) is 30.3 Å². The number of benzene rings is 2. The van der Waals surface area contributed by atoms with E-state index in [0.717, 1.165) is 10.6 Å². The van der Waals surface area contributed by atoms with Gasteiger partial charge >= 0.3 is 0 Å². The van der Waals surface area contributed by atoms with Crippen molar-refractivity contribution in [2.75, 3.05) is 11.8 Å². The molecule has 2 aromatic rings. The van der Waals surface area contributed by atoms with E-state index in [9.17, 15) is 4.21 Å². The van der Waals surface area contributed by atoms with Gasteiger partial charge in [0.15, 0.2) is 0 Å². The summed E-state index contributed by atoms with van der Waals surface area (Å²) in [4.78, 5) is 0.735. The van der Waals surface area contributed by atoms with Crippen LogP contribution in [0.4, 0.5) is 5.69 Å². The quantitative estimate of drug-likeness (QED) is 0.902. The number of rotatable bonds is 4. The van der Waals surface area contributed by atoms with E-state index in [1.165, 1.54) is 0 Å². The molecule has 0 radical (unpaired) electrons. The van der Waals surface area contributed by atoms with Gasteiger partial charge in [0.05, 0.1) is 17.7 Å². The molecule has 0 saturated heterocycles. The Morgan fingerprint density at radius 2 is 1.65 bits per heavy atom. The first-order chi connectivity index (χ1) is 8.31. The summed E-state index contributed by atoms with van der Waals surface area (Å²) in [6, 6.07) is 16.6. The average molecular weight is 247 g/mol. The Balaban J connectivity index is 2.19. The molecule has 0 aliphatic carbocycles. The molecule has 1 N–H and O–H groups in total. The molecule has 0 bridgehead atoms. The summed E-state index contributed by atoms with van der Waals surface area (Å²) in [7, 11) is 0.313. The van der Waals surface area contributed by atoms with Gasteiger partial charge in [-0.25, -0.2) is 4.21 Å². The van der Waals surface area contributed by atoms with Crippen molar-refractivity contribution in [3.05, 3.63) is 54.6 Å². The summed E-state index contributed by atoms with van der Waals surface area (Å²) in [6.45, 7) is 0. The minimum atomic E-state index is -1.28. The first-order valence-electron chi connectivity index (χ1n) is 5.18. The molecular weight excluding hydrogens is 234 g/mol. The van der Waals surface area contributed by atoms with Crippen LogP contribution in [0.2, 0.25) is 0 Å². The third-order valence-corrected chi connectivity index (χ3v) is 3.37. The molecule has 0 aliphatic rings. The number of nitrogens with one attached hydrogen (secondary N) is 1. The highest BCUT2D eigenvalue weighted by atomic mass is 32.2. The van der Waals surface area contributed by atoms with Crippen LogP contribution < -0.4 is 9.46 Å². The SMILES string of the molecule is COc1ccccc1NS(=O)c1ccccc1. The molecule has 1 atom stereocenters. The van der Waals surface area contributed by atoms with Gasteiger partial charge in [-0.2, -0.15) is 0 Å². The van der Waals surface area contributed by atoms with Crippen LogP contribution in [0.15, 0.2) is 59.5 Å². The van der Waals surface area contributed by atoms with Gasteiger partial charge in [-0.15, -0.1) is 0 Å². The van der Waals surface area contributed by atoms with E-state index >= 15 is 0 Å². The third-order valence-electron chi connectivity index (χ3n) is 2.27. The summed E-state index contributed by atoms with van der Waals surface area (Å²) in [5, 5.41) is 0. The van der Waals surface area contributed by atoms with Gasteiger partial charge in [0, 0.05) is 0 Å². The Morgan fingerprint density at radius 1 is 1.00 bits per heavy atom. The van der Waals surface area contributed by atoms with Gasteiger partial charge in [0.25, 0.3) is 0 Å². The molecule has 0 spiro atoms. The maximum Gasteiger partial charge on any atom is 0.150 e. The summed E-state index contributed by atoms with van der Waals surface area (Å²) in [5.74, 6) is 0.678. The lowest BCUT2D eigenvalue weighted by Gasteiger charge is -2.09. The van der Waals surface area contributed by atoms with E-state index < -0.39 is 11.0 Å². The van der Waals surface area contributed by atoms with Gasteiger partial charge in [0.2, 0.25) is 0 Å². The minimum Gasteiger partial charge on any atom is -0.495 e. The lowest BCUT2D eigenvalue weighted by atomic mass is 10.3. The van der Waals surface area contributed by atoms with E-state index in [2.05, 4.69) is 4.72 Å². The highest BCUT2D eigenvalue weighted by Gasteiger charge is 2.06. The molecule has 2 aromatic carbocycles. The molecule has 0 aliphatic heterocycles. The Bertz CT molecular complexity index is 514. The zero-order valence-corrected chi connectivity index (χ0v) is 10.2. The summed E-state index contributed by atoms with van der Waals surface area (Å²) >= 11 is 0. The molecule has 3 nitrogen and oxygen atoms in total. The van der Waals surface area contributed by atoms with Crippen molar-refractivity contribution in [3.8, 4) is 5.75 Å². The number of ether oxygens (including phenoxy) is 1. The van der Waals surface area contributed by atoms with E-state index in [1.807, 2.05) is 54.6 Å². The Morgan fingerprint density at radius 3 is 2.35 bits per heavy atom. The van der Waals surface area contributed by atoms with Crippen LogP contribution >= 0.6 is 0 Å². The van der Waals surface area contributed by atoms with Crippen molar-refractivity contribution in [3.63, 3.8) is 0 Å². The van der Waals surface area contributed by atoms with Crippen molar-refractivity contribution in [2.24, 2.45) is 0 Å². The zero-order chi connectivity index (χ0) is 12.1. The van der Waals surface area contributed by atoms with E-state index in [1.54, 1.807) is 7.11 Å². The molecule has 0 saturated carbocycles. The topological polar surface area (TPSA) is 38.3 Å². The second kappa shape index (κ2) is 5.50. The highest BCUT2D eigenvalue weighted by Crippen LogP contribution is 2.24. The Hall–Kier alpha value is -1.81. The molecule has 17 heavy (non-hydrogen) atoms. The number of methoxy groups -OCH3 is 1. The maximum atomic E-state index is 12.0. The molecular formula is C13H13NO2S. The average Bonchev–Trinajstić information content (AvgIpc) is 2.40. The number of para-hydroxylation sites is 2. The third kappa shape index (κ3) is 2.85. The lowest BCUT2D eigenvalue weighted by molar-refractivity contribution is 0.417. The number of hydrogen-bond acceptors (Lipinski definition) is 2. The Labute approximate surface area is 103 Å². The van der Waals surface area contributed by atoms with Crippen LogP contribution in [-0.4, -0.2) is 11.3 Å². The number of anilines is 1. The monoisotopic (exact) mass is 247 g/mol. The first-order valence-corrected chi connectivity index (χ1v) is 6.33. The first kappa shape index (κ1) is 11.7. The van der Waals surface area contributed by atoms with Gasteiger partial charge in [0.1, 0.15) is 16.7 Å². The van der Waals surface area contributed by atoms with Crippen molar-refractivity contribution in [2.45, 2.75) is 4.90 Å². The molecule has 0 aromatic heterocycles. The molecule has 1 unspecified atom stereocenters. The molecule has 0 amide bonds.